The summed E-state index contributed by atoms with van der Waals surface area (Å²) < 4.78 is 3.35. The molecule has 0 aliphatic heterocycles. The van der Waals surface area contributed by atoms with E-state index in [2.05, 4.69) is 62.1 Å². The zero-order chi connectivity index (χ0) is 21.7. The van der Waals surface area contributed by atoms with E-state index in [0.717, 1.165) is 64.8 Å². The number of thiazole rings is 1. The summed E-state index contributed by atoms with van der Waals surface area (Å²) in [5.41, 5.74) is 7.15. The van der Waals surface area contributed by atoms with E-state index in [1.54, 1.807) is 11.3 Å². The summed E-state index contributed by atoms with van der Waals surface area (Å²) >= 11 is 1.61. The first-order chi connectivity index (χ1) is 15.6. The van der Waals surface area contributed by atoms with Gasteiger partial charge < -0.3 is 9.88 Å². The molecular formula is C25H25N5OS. The van der Waals surface area contributed by atoms with Gasteiger partial charge in [-0.05, 0) is 56.2 Å². The van der Waals surface area contributed by atoms with E-state index in [1.165, 1.54) is 0 Å². The van der Waals surface area contributed by atoms with Gasteiger partial charge in [-0.2, -0.15) is 0 Å². The summed E-state index contributed by atoms with van der Waals surface area (Å²) in [4.78, 5) is 25.8. The number of aromatic nitrogens is 4. The van der Waals surface area contributed by atoms with Crippen molar-refractivity contribution in [2.24, 2.45) is 5.92 Å². The highest BCUT2D eigenvalue weighted by atomic mass is 32.1. The number of pyridine rings is 1. The maximum Gasteiger partial charge on any atom is 0.223 e. The van der Waals surface area contributed by atoms with Gasteiger partial charge in [-0.15, -0.1) is 11.3 Å². The third-order valence-electron chi connectivity index (χ3n) is 6.96. The first-order valence-electron chi connectivity index (χ1n) is 11.2. The Balaban J connectivity index is 1.20. The summed E-state index contributed by atoms with van der Waals surface area (Å²) in [6, 6.07) is 11.0. The van der Waals surface area contributed by atoms with Crippen LogP contribution in [0.15, 0.2) is 54.6 Å². The van der Waals surface area contributed by atoms with Crippen LogP contribution in [0, 0.1) is 5.92 Å². The normalized spacial score (nSPS) is 21.7. The van der Waals surface area contributed by atoms with Crippen LogP contribution in [0.1, 0.15) is 45.1 Å². The van der Waals surface area contributed by atoms with Crippen molar-refractivity contribution in [1.82, 2.24) is 24.8 Å². The SMILES string of the molecule is CC1(NC(=O)[C@H]2CC[C@@H](n3cncc3-c3ccc(-c4cnc5ncsc5c4)cc3)C2)CC1. The molecule has 7 heteroatoms. The highest BCUT2D eigenvalue weighted by molar-refractivity contribution is 7.16. The summed E-state index contributed by atoms with van der Waals surface area (Å²) in [5.74, 6) is 0.328. The van der Waals surface area contributed by atoms with E-state index < -0.39 is 0 Å². The van der Waals surface area contributed by atoms with Gasteiger partial charge in [0.25, 0.3) is 0 Å². The van der Waals surface area contributed by atoms with E-state index in [4.69, 9.17) is 0 Å². The molecule has 2 fully saturated rings. The Bertz CT molecular complexity index is 1290. The fourth-order valence-electron chi connectivity index (χ4n) is 4.73. The van der Waals surface area contributed by atoms with Crippen LogP contribution in [0.4, 0.5) is 0 Å². The molecule has 2 aliphatic rings. The maximum atomic E-state index is 12.7. The van der Waals surface area contributed by atoms with Crippen molar-refractivity contribution in [3.63, 3.8) is 0 Å². The molecule has 0 saturated heterocycles. The Hall–Kier alpha value is -3.06. The van der Waals surface area contributed by atoms with Crippen molar-refractivity contribution in [2.75, 3.05) is 0 Å². The molecule has 2 saturated carbocycles. The second-order valence-electron chi connectivity index (χ2n) is 9.38. The van der Waals surface area contributed by atoms with Crippen LogP contribution in [0.2, 0.25) is 0 Å². The second-order valence-corrected chi connectivity index (χ2v) is 10.3. The van der Waals surface area contributed by atoms with Gasteiger partial charge in [0.15, 0.2) is 5.65 Å². The molecule has 2 aliphatic carbocycles. The third-order valence-corrected chi connectivity index (χ3v) is 7.73. The van der Waals surface area contributed by atoms with Gasteiger partial charge in [-0.25, -0.2) is 15.0 Å². The van der Waals surface area contributed by atoms with E-state index in [-0.39, 0.29) is 17.4 Å². The molecule has 6 nitrogen and oxygen atoms in total. The number of nitrogens with one attached hydrogen (secondary N) is 1. The fourth-order valence-corrected chi connectivity index (χ4v) is 5.40. The highest BCUT2D eigenvalue weighted by Crippen LogP contribution is 2.40. The largest absolute Gasteiger partial charge is 0.351 e. The highest BCUT2D eigenvalue weighted by Gasteiger charge is 2.41. The number of imidazole rings is 1. The lowest BCUT2D eigenvalue weighted by Crippen LogP contribution is -2.38. The van der Waals surface area contributed by atoms with Crippen LogP contribution in [0.3, 0.4) is 0 Å². The van der Waals surface area contributed by atoms with Crippen LogP contribution in [-0.4, -0.2) is 31.0 Å². The molecule has 3 heterocycles. The minimum atomic E-state index is 0.0527. The van der Waals surface area contributed by atoms with Crippen molar-refractivity contribution in [3.05, 3.63) is 54.6 Å². The summed E-state index contributed by atoms with van der Waals surface area (Å²) in [6.07, 6.45) is 10.8. The van der Waals surface area contributed by atoms with Crippen molar-refractivity contribution in [1.29, 1.82) is 0 Å². The molecule has 32 heavy (non-hydrogen) atoms. The summed E-state index contributed by atoms with van der Waals surface area (Å²) in [5, 5.41) is 3.24. The molecule has 3 aromatic heterocycles. The Morgan fingerprint density at radius 2 is 1.91 bits per heavy atom. The van der Waals surface area contributed by atoms with Gasteiger partial charge in [0.2, 0.25) is 5.91 Å². The average Bonchev–Trinajstić information content (AvgIpc) is 3.28. The lowest BCUT2D eigenvalue weighted by Gasteiger charge is -2.18. The molecule has 1 N–H and O–H groups in total. The van der Waals surface area contributed by atoms with Gasteiger partial charge in [0.05, 0.1) is 28.4 Å². The van der Waals surface area contributed by atoms with Crippen LogP contribution in [-0.2, 0) is 4.79 Å². The predicted molar refractivity (Wildman–Crippen MR) is 126 cm³/mol. The Kier molecular flexibility index (Phi) is 4.61. The quantitative estimate of drug-likeness (QED) is 0.458. The van der Waals surface area contributed by atoms with Gasteiger partial charge in [-0.3, -0.25) is 4.79 Å². The maximum absolute atomic E-state index is 12.7. The van der Waals surface area contributed by atoms with E-state index >= 15 is 0 Å². The topological polar surface area (TPSA) is 72.7 Å². The van der Waals surface area contributed by atoms with Crippen LogP contribution >= 0.6 is 11.3 Å². The van der Waals surface area contributed by atoms with E-state index in [0.29, 0.717) is 6.04 Å². The zero-order valence-corrected chi connectivity index (χ0v) is 18.8. The molecule has 0 unspecified atom stereocenters. The number of amides is 1. The Morgan fingerprint density at radius 1 is 1.09 bits per heavy atom. The monoisotopic (exact) mass is 443 g/mol. The van der Waals surface area contributed by atoms with Gasteiger partial charge in [0.1, 0.15) is 0 Å². The van der Waals surface area contributed by atoms with Gasteiger partial charge >= 0.3 is 0 Å². The van der Waals surface area contributed by atoms with Crippen molar-refractivity contribution >= 4 is 27.6 Å². The molecule has 162 valence electrons. The predicted octanol–water partition coefficient (Wildman–Crippen LogP) is 5.23. The number of nitrogens with zero attached hydrogens (tertiary/aromatic N) is 4. The number of hydrogen-bond donors (Lipinski definition) is 1. The lowest BCUT2D eigenvalue weighted by molar-refractivity contribution is -0.125. The molecule has 0 radical (unpaired) electrons. The number of benzene rings is 1. The number of fused-ring (bicyclic) bond motifs is 1. The molecule has 1 aromatic carbocycles. The number of hydrogen-bond acceptors (Lipinski definition) is 5. The summed E-state index contributed by atoms with van der Waals surface area (Å²) in [7, 11) is 0. The van der Waals surface area contributed by atoms with Gasteiger partial charge in [-0.1, -0.05) is 24.3 Å². The van der Waals surface area contributed by atoms with E-state index in [1.807, 2.05) is 24.2 Å². The average molecular weight is 444 g/mol. The van der Waals surface area contributed by atoms with Crippen molar-refractivity contribution < 1.29 is 4.79 Å². The zero-order valence-electron chi connectivity index (χ0n) is 18.0. The second kappa shape index (κ2) is 7.52. The standard InChI is InChI=1S/C25H25N5OS/c1-25(8-9-25)29-24(31)18-6-7-20(10-18)30-14-26-13-21(30)17-4-2-16(3-5-17)19-11-22-23(27-12-19)28-15-32-22/h2-5,11-15,18,20H,6-10H2,1H3,(H,29,31)/t18-,20+/m0/s1. The van der Waals surface area contributed by atoms with E-state index in [9.17, 15) is 4.79 Å². The lowest BCUT2D eigenvalue weighted by atomic mass is 10.0. The Labute approximate surface area is 190 Å². The number of rotatable bonds is 5. The molecule has 2 atom stereocenters. The minimum Gasteiger partial charge on any atom is -0.351 e. The first-order valence-corrected chi connectivity index (χ1v) is 12.1. The first kappa shape index (κ1) is 19.6. The molecule has 0 spiro atoms. The van der Waals surface area contributed by atoms with Crippen LogP contribution < -0.4 is 5.32 Å². The molecule has 6 rings (SSSR count). The smallest absolute Gasteiger partial charge is 0.223 e. The van der Waals surface area contributed by atoms with Crippen LogP contribution in [0.25, 0.3) is 32.7 Å². The molecule has 0 bridgehead atoms. The summed E-state index contributed by atoms with van der Waals surface area (Å²) in [6.45, 7) is 2.14. The Morgan fingerprint density at radius 3 is 2.72 bits per heavy atom. The third kappa shape index (κ3) is 3.60. The number of carbonyl (C=O) groups is 1. The number of carbonyl (C=O) groups excluding carboxylic acids is 1. The fraction of sp³-hybridized carbons (Fsp3) is 0.360. The molecule has 1 amide bonds. The minimum absolute atomic E-state index is 0.0527. The van der Waals surface area contributed by atoms with Gasteiger partial charge in [0, 0.05) is 29.3 Å². The molecular weight excluding hydrogens is 418 g/mol. The molecule has 4 aromatic rings. The van der Waals surface area contributed by atoms with Crippen molar-refractivity contribution in [3.8, 4) is 22.4 Å². The van der Waals surface area contributed by atoms with Crippen LogP contribution in [0.5, 0.6) is 0 Å². The van der Waals surface area contributed by atoms with Crippen molar-refractivity contribution in [2.45, 2.75) is 50.6 Å².